The molecule has 1 N–H and O–H groups in total. The topological polar surface area (TPSA) is 52.9 Å². The van der Waals surface area contributed by atoms with Crippen LogP contribution in [0.3, 0.4) is 0 Å². The minimum absolute atomic E-state index is 0.0306. The van der Waals surface area contributed by atoms with Crippen LogP contribution in [0, 0.1) is 16.7 Å². The molecule has 1 aliphatic carbocycles. The summed E-state index contributed by atoms with van der Waals surface area (Å²) in [6, 6.07) is 2.44. The van der Waals surface area contributed by atoms with E-state index < -0.39 is 5.41 Å². The summed E-state index contributed by atoms with van der Waals surface area (Å²) in [5, 5.41) is 11.8. The molecule has 14 heavy (non-hydrogen) atoms. The number of thioether (sulfide) groups is 1. The molecule has 0 aromatic rings. The van der Waals surface area contributed by atoms with Gasteiger partial charge < -0.3 is 5.32 Å². The smallest absolute Gasteiger partial charge is 0.240 e. The van der Waals surface area contributed by atoms with Crippen molar-refractivity contribution in [1.82, 2.24) is 5.32 Å². The summed E-state index contributed by atoms with van der Waals surface area (Å²) in [6.45, 7) is 0. The molecule has 76 valence electrons. The Kier molecular flexibility index (Phi) is 2.69. The van der Waals surface area contributed by atoms with Gasteiger partial charge in [-0.2, -0.15) is 17.0 Å². The van der Waals surface area contributed by atoms with E-state index in [1.807, 2.05) is 11.8 Å². The minimum atomic E-state index is -0.648. The number of carbonyl (C=O) groups excluding carboxylic acids is 1. The van der Waals surface area contributed by atoms with E-state index in [9.17, 15) is 4.79 Å². The third kappa shape index (κ3) is 1.88. The summed E-state index contributed by atoms with van der Waals surface area (Å²) < 4.78 is 0. The van der Waals surface area contributed by atoms with Gasteiger partial charge in [-0.25, -0.2) is 0 Å². The van der Waals surface area contributed by atoms with Crippen molar-refractivity contribution in [2.75, 3.05) is 11.5 Å². The van der Waals surface area contributed by atoms with Crippen molar-refractivity contribution in [1.29, 1.82) is 5.26 Å². The van der Waals surface area contributed by atoms with Gasteiger partial charge in [0.05, 0.1) is 6.07 Å². The average molecular weight is 210 g/mol. The first-order valence-electron chi connectivity index (χ1n) is 5.07. The van der Waals surface area contributed by atoms with Crippen LogP contribution >= 0.6 is 11.8 Å². The second-order valence-electron chi connectivity index (χ2n) is 4.05. The molecule has 0 bridgehead atoms. The lowest BCUT2D eigenvalue weighted by Crippen LogP contribution is -2.41. The highest BCUT2D eigenvalue weighted by Crippen LogP contribution is 2.45. The number of carbonyl (C=O) groups is 1. The molecule has 2 rings (SSSR count). The van der Waals surface area contributed by atoms with E-state index in [1.54, 1.807) is 0 Å². The molecule has 1 amide bonds. The van der Waals surface area contributed by atoms with Crippen LogP contribution in [0.4, 0.5) is 0 Å². The van der Waals surface area contributed by atoms with E-state index >= 15 is 0 Å². The standard InChI is InChI=1S/C10H14N2OS/c11-7-10(3-4-10)9(13)12-8-1-5-14-6-2-8/h8H,1-6H2,(H,12,13). The van der Waals surface area contributed by atoms with Crippen molar-refractivity contribution in [2.24, 2.45) is 5.41 Å². The molecule has 0 unspecified atom stereocenters. The molecule has 1 aliphatic heterocycles. The number of hydrogen-bond donors (Lipinski definition) is 1. The monoisotopic (exact) mass is 210 g/mol. The predicted octanol–water partition coefficient (Wildman–Crippen LogP) is 1.30. The number of hydrogen-bond acceptors (Lipinski definition) is 3. The van der Waals surface area contributed by atoms with Gasteiger partial charge in [0.1, 0.15) is 5.41 Å². The highest BCUT2D eigenvalue weighted by Gasteiger charge is 2.51. The fourth-order valence-corrected chi connectivity index (χ4v) is 2.79. The van der Waals surface area contributed by atoms with Gasteiger partial charge in [-0.3, -0.25) is 4.79 Å². The minimum Gasteiger partial charge on any atom is -0.352 e. The third-order valence-electron chi connectivity index (χ3n) is 2.96. The molecule has 1 heterocycles. The van der Waals surface area contributed by atoms with E-state index in [0.29, 0.717) is 6.04 Å². The van der Waals surface area contributed by atoms with Gasteiger partial charge in [0.2, 0.25) is 5.91 Å². The van der Waals surface area contributed by atoms with Gasteiger partial charge in [-0.1, -0.05) is 0 Å². The number of amides is 1. The predicted molar refractivity (Wildman–Crippen MR) is 55.8 cm³/mol. The average Bonchev–Trinajstić information content (AvgIpc) is 3.00. The first kappa shape index (κ1) is 9.85. The quantitative estimate of drug-likeness (QED) is 0.747. The molecule has 1 saturated heterocycles. The first-order chi connectivity index (χ1) is 6.77. The number of nitriles is 1. The van der Waals surface area contributed by atoms with Crippen LogP contribution in [0.2, 0.25) is 0 Å². The molecule has 0 atom stereocenters. The van der Waals surface area contributed by atoms with Crippen molar-refractivity contribution >= 4 is 17.7 Å². The van der Waals surface area contributed by atoms with Gasteiger partial charge in [0.15, 0.2) is 0 Å². The molecular formula is C10H14N2OS. The van der Waals surface area contributed by atoms with Crippen LogP contribution < -0.4 is 5.32 Å². The normalized spacial score (nSPS) is 25.1. The molecule has 3 nitrogen and oxygen atoms in total. The molecule has 1 saturated carbocycles. The fourth-order valence-electron chi connectivity index (χ4n) is 1.68. The molecule has 0 aromatic heterocycles. The van der Waals surface area contributed by atoms with Crippen LogP contribution in [0.1, 0.15) is 25.7 Å². The molecular weight excluding hydrogens is 196 g/mol. The first-order valence-corrected chi connectivity index (χ1v) is 6.22. The number of nitrogens with zero attached hydrogens (tertiary/aromatic N) is 1. The van der Waals surface area contributed by atoms with Crippen molar-refractivity contribution in [3.8, 4) is 6.07 Å². The summed E-state index contributed by atoms with van der Waals surface area (Å²) in [5.74, 6) is 2.23. The maximum absolute atomic E-state index is 11.7. The van der Waals surface area contributed by atoms with Crippen molar-refractivity contribution in [3.05, 3.63) is 0 Å². The van der Waals surface area contributed by atoms with Crippen molar-refractivity contribution in [2.45, 2.75) is 31.7 Å². The molecule has 0 radical (unpaired) electrons. The lowest BCUT2D eigenvalue weighted by Gasteiger charge is -2.23. The van der Waals surface area contributed by atoms with Crippen LogP contribution in [-0.4, -0.2) is 23.5 Å². The zero-order valence-corrected chi connectivity index (χ0v) is 8.90. The van der Waals surface area contributed by atoms with Crippen LogP contribution in [-0.2, 0) is 4.79 Å². The Bertz CT molecular complexity index is 274. The van der Waals surface area contributed by atoms with Crippen molar-refractivity contribution < 1.29 is 4.79 Å². The van der Waals surface area contributed by atoms with Gasteiger partial charge >= 0.3 is 0 Å². The number of rotatable bonds is 2. The van der Waals surface area contributed by atoms with Crippen LogP contribution in [0.5, 0.6) is 0 Å². The van der Waals surface area contributed by atoms with Crippen molar-refractivity contribution in [3.63, 3.8) is 0 Å². The maximum atomic E-state index is 11.7. The second-order valence-corrected chi connectivity index (χ2v) is 5.28. The Balaban J connectivity index is 1.85. The van der Waals surface area contributed by atoms with Gasteiger partial charge in [0.25, 0.3) is 0 Å². The maximum Gasteiger partial charge on any atom is 0.240 e. The summed E-state index contributed by atoms with van der Waals surface area (Å²) >= 11 is 1.94. The fraction of sp³-hybridized carbons (Fsp3) is 0.800. The van der Waals surface area contributed by atoms with Crippen LogP contribution in [0.15, 0.2) is 0 Å². The van der Waals surface area contributed by atoms with Gasteiger partial charge in [-0.15, -0.1) is 0 Å². The highest BCUT2D eigenvalue weighted by atomic mass is 32.2. The Morgan fingerprint density at radius 3 is 2.57 bits per heavy atom. The van der Waals surface area contributed by atoms with E-state index in [0.717, 1.165) is 37.2 Å². The summed E-state index contributed by atoms with van der Waals surface area (Å²) in [6.07, 6.45) is 3.60. The lowest BCUT2D eigenvalue weighted by atomic mass is 10.1. The molecule has 2 fully saturated rings. The molecule has 2 aliphatic rings. The summed E-state index contributed by atoms with van der Waals surface area (Å²) in [7, 11) is 0. The highest BCUT2D eigenvalue weighted by molar-refractivity contribution is 7.99. The van der Waals surface area contributed by atoms with E-state index in [1.165, 1.54) is 0 Å². The Morgan fingerprint density at radius 1 is 1.43 bits per heavy atom. The number of nitrogens with one attached hydrogen (secondary N) is 1. The lowest BCUT2D eigenvalue weighted by molar-refractivity contribution is -0.125. The zero-order chi connectivity index (χ0) is 10.0. The second kappa shape index (κ2) is 3.82. The van der Waals surface area contributed by atoms with E-state index in [-0.39, 0.29) is 5.91 Å². The van der Waals surface area contributed by atoms with Gasteiger partial charge in [0, 0.05) is 6.04 Å². The summed E-state index contributed by atoms with van der Waals surface area (Å²) in [4.78, 5) is 11.7. The Labute approximate surface area is 88.2 Å². The molecule has 0 aromatic carbocycles. The van der Waals surface area contributed by atoms with Gasteiger partial charge in [-0.05, 0) is 37.2 Å². The molecule has 4 heteroatoms. The largest absolute Gasteiger partial charge is 0.352 e. The Hall–Kier alpha value is -0.690. The molecule has 0 spiro atoms. The van der Waals surface area contributed by atoms with E-state index in [4.69, 9.17) is 5.26 Å². The van der Waals surface area contributed by atoms with Crippen LogP contribution in [0.25, 0.3) is 0 Å². The van der Waals surface area contributed by atoms with E-state index in [2.05, 4.69) is 11.4 Å². The SMILES string of the molecule is N#CC1(C(=O)NC2CCSCC2)CC1. The Morgan fingerprint density at radius 2 is 2.07 bits per heavy atom. The summed E-state index contributed by atoms with van der Waals surface area (Å²) in [5.41, 5.74) is -0.648. The third-order valence-corrected chi connectivity index (χ3v) is 4.00. The zero-order valence-electron chi connectivity index (χ0n) is 8.08.